The molecule has 0 radical (unpaired) electrons. The van der Waals surface area contributed by atoms with Crippen molar-refractivity contribution >= 4 is 0 Å². The zero-order valence-electron chi connectivity index (χ0n) is 8.62. The molecule has 1 rings (SSSR count). The fraction of sp³-hybridized carbons (Fsp3) is 1.00. The monoisotopic (exact) mass is 188 g/mol. The van der Waals surface area contributed by atoms with Gasteiger partial charge in [-0.3, -0.25) is 0 Å². The van der Waals surface area contributed by atoms with Crippen LogP contribution in [-0.2, 0) is 9.47 Å². The molecule has 1 aliphatic rings. The maximum Gasteiger partial charge on any atom is 0.173 e. The first-order valence-electron chi connectivity index (χ1n) is 4.71. The molecule has 0 unspecified atom stereocenters. The lowest BCUT2D eigenvalue weighted by molar-refractivity contribution is -0.189. The molecular weight excluding hydrogens is 168 g/mol. The molecular formula is C9H20N2O2. The molecule has 0 amide bonds. The van der Waals surface area contributed by atoms with Gasteiger partial charge < -0.3 is 20.9 Å². The van der Waals surface area contributed by atoms with Crippen LogP contribution in [0.5, 0.6) is 0 Å². The summed E-state index contributed by atoms with van der Waals surface area (Å²) >= 11 is 0. The highest BCUT2D eigenvalue weighted by Gasteiger charge is 2.35. The van der Waals surface area contributed by atoms with Crippen molar-refractivity contribution in [3.05, 3.63) is 0 Å². The van der Waals surface area contributed by atoms with Crippen LogP contribution >= 0.6 is 0 Å². The summed E-state index contributed by atoms with van der Waals surface area (Å²) in [5, 5.41) is 0. The van der Waals surface area contributed by atoms with Gasteiger partial charge in [-0.1, -0.05) is 0 Å². The summed E-state index contributed by atoms with van der Waals surface area (Å²) in [4.78, 5) is 0. The largest absolute Gasteiger partial charge is 0.346 e. The average Bonchev–Trinajstić information content (AvgIpc) is 2.29. The summed E-state index contributed by atoms with van der Waals surface area (Å²) < 4.78 is 11.2. The van der Waals surface area contributed by atoms with Gasteiger partial charge in [-0.05, 0) is 27.2 Å². The molecule has 0 spiro atoms. The van der Waals surface area contributed by atoms with Crippen LogP contribution in [0.2, 0.25) is 0 Å². The summed E-state index contributed by atoms with van der Waals surface area (Å²) in [6, 6.07) is -0.0484. The number of hydrogen-bond acceptors (Lipinski definition) is 4. The third-order valence-corrected chi connectivity index (χ3v) is 1.94. The maximum atomic E-state index is 5.85. The summed E-state index contributed by atoms with van der Waals surface area (Å²) in [5.74, 6) is 0. The van der Waals surface area contributed by atoms with Gasteiger partial charge in [0, 0.05) is 6.54 Å². The molecule has 4 heteroatoms. The molecule has 0 saturated carbocycles. The molecule has 0 aliphatic carbocycles. The van der Waals surface area contributed by atoms with Crippen molar-refractivity contribution in [3.8, 4) is 0 Å². The Morgan fingerprint density at radius 2 is 2.08 bits per heavy atom. The minimum absolute atomic E-state index is 0.0484. The fourth-order valence-corrected chi connectivity index (χ4v) is 1.38. The van der Waals surface area contributed by atoms with Crippen LogP contribution in [0.25, 0.3) is 0 Å². The zero-order valence-corrected chi connectivity index (χ0v) is 8.62. The molecule has 1 fully saturated rings. The summed E-state index contributed by atoms with van der Waals surface area (Å²) in [6.07, 6.45) is 0.549. The lowest BCUT2D eigenvalue weighted by Crippen LogP contribution is -2.38. The van der Waals surface area contributed by atoms with Gasteiger partial charge in [-0.25, -0.2) is 0 Å². The summed E-state index contributed by atoms with van der Waals surface area (Å²) in [7, 11) is 0. The van der Waals surface area contributed by atoms with E-state index in [0.29, 0.717) is 6.54 Å². The molecule has 1 saturated heterocycles. The first kappa shape index (κ1) is 10.9. The van der Waals surface area contributed by atoms with E-state index in [1.54, 1.807) is 0 Å². The molecule has 13 heavy (non-hydrogen) atoms. The number of nitrogens with two attached hydrogens (primary N) is 2. The van der Waals surface area contributed by atoms with Gasteiger partial charge in [0.15, 0.2) is 6.29 Å². The molecule has 0 aromatic carbocycles. The highest BCUT2D eigenvalue weighted by molar-refractivity contribution is 4.82. The standard InChI is InChI=1S/C9H20N2O2/c1-9(2,3)13-8-7(11)4-6(5-10)12-8/h6-8H,4-5,10-11H2,1-3H3/t6-,7+,8-/m0/s1. The van der Waals surface area contributed by atoms with Crippen molar-refractivity contribution in [3.63, 3.8) is 0 Å². The minimum atomic E-state index is -0.298. The van der Waals surface area contributed by atoms with Crippen molar-refractivity contribution < 1.29 is 9.47 Å². The first-order chi connectivity index (χ1) is 5.92. The van der Waals surface area contributed by atoms with Crippen molar-refractivity contribution in [2.24, 2.45) is 11.5 Å². The molecule has 4 N–H and O–H groups in total. The van der Waals surface area contributed by atoms with Crippen LogP contribution in [-0.4, -0.2) is 30.6 Å². The van der Waals surface area contributed by atoms with Crippen molar-refractivity contribution in [1.82, 2.24) is 0 Å². The highest BCUT2D eigenvalue weighted by Crippen LogP contribution is 2.23. The Balaban J connectivity index is 2.44. The first-order valence-corrected chi connectivity index (χ1v) is 4.71. The molecule has 0 aromatic heterocycles. The third-order valence-electron chi connectivity index (χ3n) is 1.94. The maximum absolute atomic E-state index is 5.85. The van der Waals surface area contributed by atoms with Gasteiger partial charge in [0.25, 0.3) is 0 Å². The Bertz CT molecular complexity index is 167. The van der Waals surface area contributed by atoms with E-state index in [0.717, 1.165) is 6.42 Å². The van der Waals surface area contributed by atoms with Crippen LogP contribution in [0.15, 0.2) is 0 Å². The van der Waals surface area contributed by atoms with Gasteiger partial charge in [0.05, 0.1) is 17.7 Å². The second-order valence-electron chi connectivity index (χ2n) is 4.49. The molecule has 78 valence electrons. The highest BCUT2D eigenvalue weighted by atomic mass is 16.7. The van der Waals surface area contributed by atoms with Crippen molar-refractivity contribution in [2.45, 2.75) is 51.2 Å². The Morgan fingerprint density at radius 3 is 2.46 bits per heavy atom. The summed E-state index contributed by atoms with van der Waals surface area (Å²) in [5.41, 5.74) is 11.1. The van der Waals surface area contributed by atoms with E-state index in [1.165, 1.54) is 0 Å². The molecule has 4 nitrogen and oxygen atoms in total. The number of ether oxygens (including phenoxy) is 2. The SMILES string of the molecule is CC(C)(C)O[C@@H]1O[C@H](CN)C[C@H]1N. The Hall–Kier alpha value is -0.160. The Kier molecular flexibility index (Phi) is 3.29. The third kappa shape index (κ3) is 3.23. The van der Waals surface area contributed by atoms with Crippen LogP contribution in [0, 0.1) is 0 Å². The molecule has 0 bridgehead atoms. The number of hydrogen-bond donors (Lipinski definition) is 2. The van der Waals surface area contributed by atoms with Gasteiger partial charge >= 0.3 is 0 Å². The zero-order chi connectivity index (χ0) is 10.1. The van der Waals surface area contributed by atoms with Gasteiger partial charge in [-0.15, -0.1) is 0 Å². The van der Waals surface area contributed by atoms with Crippen LogP contribution in [0.1, 0.15) is 27.2 Å². The van der Waals surface area contributed by atoms with E-state index in [9.17, 15) is 0 Å². The van der Waals surface area contributed by atoms with E-state index in [2.05, 4.69) is 0 Å². The van der Waals surface area contributed by atoms with E-state index in [1.807, 2.05) is 20.8 Å². The summed E-state index contributed by atoms with van der Waals surface area (Å²) in [6.45, 7) is 6.47. The topological polar surface area (TPSA) is 70.5 Å². The van der Waals surface area contributed by atoms with Crippen molar-refractivity contribution in [1.29, 1.82) is 0 Å². The van der Waals surface area contributed by atoms with Gasteiger partial charge in [-0.2, -0.15) is 0 Å². The molecule has 0 aromatic rings. The van der Waals surface area contributed by atoms with Gasteiger partial charge in [0.2, 0.25) is 0 Å². The van der Waals surface area contributed by atoms with E-state index in [-0.39, 0.29) is 24.0 Å². The molecule has 1 aliphatic heterocycles. The quantitative estimate of drug-likeness (QED) is 0.649. The lowest BCUT2D eigenvalue weighted by atomic mass is 10.1. The Labute approximate surface area is 79.6 Å². The van der Waals surface area contributed by atoms with Crippen LogP contribution in [0.3, 0.4) is 0 Å². The number of rotatable bonds is 2. The average molecular weight is 188 g/mol. The van der Waals surface area contributed by atoms with E-state index in [4.69, 9.17) is 20.9 Å². The second kappa shape index (κ2) is 3.92. The second-order valence-corrected chi connectivity index (χ2v) is 4.49. The van der Waals surface area contributed by atoms with E-state index >= 15 is 0 Å². The Morgan fingerprint density at radius 1 is 1.46 bits per heavy atom. The normalized spacial score (nSPS) is 35.3. The predicted molar refractivity (Wildman–Crippen MR) is 51.1 cm³/mol. The molecule has 3 atom stereocenters. The smallest absolute Gasteiger partial charge is 0.173 e. The van der Waals surface area contributed by atoms with E-state index < -0.39 is 0 Å². The van der Waals surface area contributed by atoms with Crippen LogP contribution < -0.4 is 11.5 Å². The lowest BCUT2D eigenvalue weighted by Gasteiger charge is -2.26. The minimum Gasteiger partial charge on any atom is -0.346 e. The van der Waals surface area contributed by atoms with Crippen molar-refractivity contribution in [2.75, 3.05) is 6.54 Å². The predicted octanol–water partition coefficient (Wildman–Crippen LogP) is 0.203. The fourth-order valence-electron chi connectivity index (χ4n) is 1.38. The van der Waals surface area contributed by atoms with Gasteiger partial charge in [0.1, 0.15) is 0 Å². The van der Waals surface area contributed by atoms with Crippen LogP contribution in [0.4, 0.5) is 0 Å². The molecule has 1 heterocycles.